The summed E-state index contributed by atoms with van der Waals surface area (Å²) < 4.78 is 10.7. The molecule has 2 aliphatic heterocycles. The minimum atomic E-state index is 0.543. The monoisotopic (exact) mass is 400 g/mol. The van der Waals surface area contributed by atoms with Gasteiger partial charge in [-0.15, -0.1) is 0 Å². The van der Waals surface area contributed by atoms with Crippen molar-refractivity contribution in [2.45, 2.75) is 24.5 Å². The quantitative estimate of drug-likeness (QED) is 0.669. The third-order valence-electron chi connectivity index (χ3n) is 6.61. The summed E-state index contributed by atoms with van der Waals surface area (Å²) in [5.41, 5.74) is 5.24. The highest BCUT2D eigenvalue weighted by Gasteiger charge is 2.50. The lowest BCUT2D eigenvalue weighted by Crippen LogP contribution is -2.72. The number of ether oxygens (including phenoxy) is 2. The van der Waals surface area contributed by atoms with Gasteiger partial charge in [0.05, 0.1) is 14.2 Å². The third kappa shape index (κ3) is 3.47. The standard InChI is InChI=1S/C26H28N2O2/c1-29-22-12-10-20(11-13-22)19-6-8-21(9-7-19)26-24-15-27-16-25(26)28(24)17-18-4-3-5-23(14-18)30-2/h3-14,24-27H,15-17H2,1-2H3/t24-,25+,26?. The Balaban J connectivity index is 1.31. The Morgan fingerprint density at radius 3 is 2.07 bits per heavy atom. The molecule has 0 amide bonds. The van der Waals surface area contributed by atoms with E-state index in [0.717, 1.165) is 31.1 Å². The average Bonchev–Trinajstić information content (AvgIpc) is 2.83. The zero-order valence-electron chi connectivity index (χ0n) is 17.5. The summed E-state index contributed by atoms with van der Waals surface area (Å²) in [6.07, 6.45) is 0. The van der Waals surface area contributed by atoms with Gasteiger partial charge in [-0.05, 0) is 46.5 Å². The highest BCUT2D eigenvalue weighted by molar-refractivity contribution is 5.64. The SMILES string of the molecule is COc1ccc(-c2ccc(C3[C@H]4CNC[C@@H]3N4Cc3cccc(OC)c3)cc2)cc1. The van der Waals surface area contributed by atoms with Crippen molar-refractivity contribution in [3.05, 3.63) is 83.9 Å². The number of methoxy groups -OCH3 is 2. The number of fused-ring (bicyclic) bond motifs is 2. The summed E-state index contributed by atoms with van der Waals surface area (Å²) in [5, 5.41) is 3.59. The zero-order valence-corrected chi connectivity index (χ0v) is 17.5. The molecule has 3 aromatic rings. The van der Waals surface area contributed by atoms with Crippen molar-refractivity contribution in [2.24, 2.45) is 0 Å². The normalized spacial score (nSPS) is 22.9. The molecule has 30 heavy (non-hydrogen) atoms. The molecule has 3 atom stereocenters. The number of nitrogens with zero attached hydrogens (tertiary/aromatic N) is 1. The molecule has 0 radical (unpaired) electrons. The van der Waals surface area contributed by atoms with Crippen LogP contribution in [0.2, 0.25) is 0 Å². The van der Waals surface area contributed by atoms with Gasteiger partial charge < -0.3 is 14.8 Å². The Hall–Kier alpha value is -2.82. The smallest absolute Gasteiger partial charge is 0.119 e. The van der Waals surface area contributed by atoms with Crippen LogP contribution in [0.3, 0.4) is 0 Å². The summed E-state index contributed by atoms with van der Waals surface area (Å²) in [6.45, 7) is 3.07. The van der Waals surface area contributed by atoms with Gasteiger partial charge in [0.25, 0.3) is 0 Å². The number of hydrogen-bond donors (Lipinski definition) is 1. The second-order valence-electron chi connectivity index (χ2n) is 8.19. The highest BCUT2D eigenvalue weighted by Crippen LogP contribution is 2.43. The van der Waals surface area contributed by atoms with Crippen molar-refractivity contribution < 1.29 is 9.47 Å². The molecule has 2 fully saturated rings. The molecule has 1 unspecified atom stereocenters. The first kappa shape index (κ1) is 19.2. The first-order chi connectivity index (χ1) is 14.8. The molecule has 0 spiro atoms. The number of nitrogens with one attached hydrogen (secondary N) is 1. The van der Waals surface area contributed by atoms with Gasteiger partial charge in [0, 0.05) is 37.6 Å². The molecule has 2 heterocycles. The predicted molar refractivity (Wildman–Crippen MR) is 120 cm³/mol. The second kappa shape index (κ2) is 8.13. The Morgan fingerprint density at radius 2 is 1.43 bits per heavy atom. The summed E-state index contributed by atoms with van der Waals surface area (Å²) >= 11 is 0. The molecule has 5 rings (SSSR count). The maximum absolute atomic E-state index is 5.40. The number of piperidine rings is 1. The van der Waals surface area contributed by atoms with Crippen molar-refractivity contribution in [1.29, 1.82) is 0 Å². The van der Waals surface area contributed by atoms with Crippen molar-refractivity contribution in [1.82, 2.24) is 10.2 Å². The van der Waals surface area contributed by atoms with Gasteiger partial charge in [-0.2, -0.15) is 0 Å². The van der Waals surface area contributed by atoms with E-state index < -0.39 is 0 Å². The van der Waals surface area contributed by atoms with E-state index in [0.29, 0.717) is 18.0 Å². The van der Waals surface area contributed by atoms with Gasteiger partial charge in [-0.25, -0.2) is 0 Å². The van der Waals surface area contributed by atoms with Gasteiger partial charge in [-0.1, -0.05) is 48.5 Å². The van der Waals surface area contributed by atoms with E-state index in [9.17, 15) is 0 Å². The van der Waals surface area contributed by atoms with E-state index in [4.69, 9.17) is 9.47 Å². The Bertz CT molecular complexity index is 988. The molecule has 0 aromatic heterocycles. The molecule has 2 bridgehead atoms. The minimum absolute atomic E-state index is 0.543. The molecule has 2 aliphatic rings. The highest BCUT2D eigenvalue weighted by atomic mass is 16.5. The maximum Gasteiger partial charge on any atom is 0.119 e. The molecule has 2 saturated heterocycles. The van der Waals surface area contributed by atoms with E-state index in [1.807, 2.05) is 18.2 Å². The van der Waals surface area contributed by atoms with Crippen LogP contribution >= 0.6 is 0 Å². The van der Waals surface area contributed by atoms with Crippen LogP contribution in [-0.4, -0.2) is 44.3 Å². The van der Waals surface area contributed by atoms with Crippen molar-refractivity contribution >= 4 is 0 Å². The van der Waals surface area contributed by atoms with Crippen LogP contribution in [0.25, 0.3) is 11.1 Å². The number of rotatable bonds is 6. The van der Waals surface area contributed by atoms with Gasteiger partial charge >= 0.3 is 0 Å². The topological polar surface area (TPSA) is 33.7 Å². The van der Waals surface area contributed by atoms with Crippen LogP contribution in [0.5, 0.6) is 11.5 Å². The fourth-order valence-corrected chi connectivity index (χ4v) is 5.02. The van der Waals surface area contributed by atoms with Crippen molar-refractivity contribution in [3.63, 3.8) is 0 Å². The van der Waals surface area contributed by atoms with Crippen LogP contribution in [-0.2, 0) is 6.54 Å². The van der Waals surface area contributed by atoms with Crippen LogP contribution in [0.15, 0.2) is 72.8 Å². The predicted octanol–water partition coefficient (Wildman–Crippen LogP) is 4.31. The maximum atomic E-state index is 5.40. The first-order valence-corrected chi connectivity index (χ1v) is 10.6. The van der Waals surface area contributed by atoms with Gasteiger partial charge in [0.2, 0.25) is 0 Å². The second-order valence-corrected chi connectivity index (χ2v) is 8.19. The van der Waals surface area contributed by atoms with E-state index in [1.54, 1.807) is 14.2 Å². The molecule has 0 saturated carbocycles. The van der Waals surface area contributed by atoms with E-state index in [1.165, 1.54) is 22.3 Å². The number of hydrogen-bond acceptors (Lipinski definition) is 4. The van der Waals surface area contributed by atoms with Gasteiger partial charge in [0.1, 0.15) is 11.5 Å². The van der Waals surface area contributed by atoms with Crippen molar-refractivity contribution in [3.8, 4) is 22.6 Å². The van der Waals surface area contributed by atoms with Crippen molar-refractivity contribution in [2.75, 3.05) is 27.3 Å². The Morgan fingerprint density at radius 1 is 0.800 bits per heavy atom. The molecule has 0 aliphatic carbocycles. The lowest BCUT2D eigenvalue weighted by Gasteiger charge is -2.59. The number of benzene rings is 3. The first-order valence-electron chi connectivity index (χ1n) is 10.6. The Labute approximate surface area is 178 Å². The molecular weight excluding hydrogens is 372 g/mol. The van der Waals surface area contributed by atoms with Crippen LogP contribution < -0.4 is 14.8 Å². The summed E-state index contributed by atoms with van der Waals surface area (Å²) in [6, 6.07) is 26.9. The fraction of sp³-hybridized carbons (Fsp3) is 0.308. The summed E-state index contributed by atoms with van der Waals surface area (Å²) in [5.74, 6) is 2.42. The summed E-state index contributed by atoms with van der Waals surface area (Å²) in [7, 11) is 3.43. The molecule has 4 nitrogen and oxygen atoms in total. The zero-order chi connectivity index (χ0) is 20.5. The molecule has 154 valence electrons. The van der Waals surface area contributed by atoms with Gasteiger partial charge in [-0.3, -0.25) is 4.90 Å². The molecule has 3 aromatic carbocycles. The third-order valence-corrected chi connectivity index (χ3v) is 6.61. The van der Waals surface area contributed by atoms with E-state index >= 15 is 0 Å². The van der Waals surface area contributed by atoms with Crippen LogP contribution in [0, 0.1) is 0 Å². The number of likely N-dealkylation sites (tertiary alicyclic amines) is 1. The van der Waals surface area contributed by atoms with E-state index in [-0.39, 0.29) is 0 Å². The lowest BCUT2D eigenvalue weighted by atomic mass is 9.72. The Kier molecular flexibility index (Phi) is 5.19. The lowest BCUT2D eigenvalue weighted by molar-refractivity contribution is -0.0483. The van der Waals surface area contributed by atoms with Crippen LogP contribution in [0.1, 0.15) is 17.0 Å². The van der Waals surface area contributed by atoms with E-state index in [2.05, 4.69) is 64.8 Å². The number of piperazine rings is 1. The fourth-order valence-electron chi connectivity index (χ4n) is 5.02. The van der Waals surface area contributed by atoms with Crippen LogP contribution in [0.4, 0.5) is 0 Å². The largest absolute Gasteiger partial charge is 0.497 e. The molecular formula is C26H28N2O2. The average molecular weight is 401 g/mol. The molecule has 1 N–H and O–H groups in total. The van der Waals surface area contributed by atoms with Gasteiger partial charge in [0.15, 0.2) is 0 Å². The molecule has 4 heteroatoms. The summed E-state index contributed by atoms with van der Waals surface area (Å²) in [4.78, 5) is 2.65. The minimum Gasteiger partial charge on any atom is -0.497 e.